The molecule has 4 heteroatoms. The van der Waals surface area contributed by atoms with Crippen LogP contribution in [-0.4, -0.2) is 41.3 Å². The first kappa shape index (κ1) is 16.6. The van der Waals surface area contributed by atoms with Crippen molar-refractivity contribution in [2.45, 2.75) is 89.8 Å². The van der Waals surface area contributed by atoms with Gasteiger partial charge in [0, 0.05) is 24.7 Å². The number of rotatable bonds is 3. The van der Waals surface area contributed by atoms with E-state index in [-0.39, 0.29) is 11.6 Å². The van der Waals surface area contributed by atoms with Crippen molar-refractivity contribution < 1.29 is 9.53 Å². The monoisotopic (exact) mass is 296 g/mol. The molecule has 0 aromatic rings. The van der Waals surface area contributed by atoms with Crippen molar-refractivity contribution >= 4 is 6.09 Å². The Labute approximate surface area is 129 Å². The summed E-state index contributed by atoms with van der Waals surface area (Å²) in [6.07, 6.45) is 8.54. The lowest BCUT2D eigenvalue weighted by Gasteiger charge is -2.37. The summed E-state index contributed by atoms with van der Waals surface area (Å²) in [6, 6.07) is 0.290. The first-order valence-electron chi connectivity index (χ1n) is 8.54. The molecule has 1 saturated heterocycles. The predicted molar refractivity (Wildman–Crippen MR) is 85.5 cm³/mol. The molecular formula is C17H32N2O2. The second-order valence-corrected chi connectivity index (χ2v) is 7.97. The van der Waals surface area contributed by atoms with Crippen LogP contribution in [0.3, 0.4) is 0 Å². The minimum atomic E-state index is -0.410. The molecule has 1 atom stereocenters. The Balaban J connectivity index is 1.85. The summed E-state index contributed by atoms with van der Waals surface area (Å²) < 4.78 is 5.53. The lowest BCUT2D eigenvalue weighted by Crippen LogP contribution is -2.51. The number of nitrogens with zero attached hydrogens (tertiary/aromatic N) is 1. The highest BCUT2D eigenvalue weighted by atomic mass is 16.6. The van der Waals surface area contributed by atoms with Crippen LogP contribution in [0.1, 0.15) is 72.6 Å². The highest BCUT2D eigenvalue weighted by Crippen LogP contribution is 2.28. The zero-order valence-electron chi connectivity index (χ0n) is 14.2. The summed E-state index contributed by atoms with van der Waals surface area (Å²) in [7, 11) is 0. The van der Waals surface area contributed by atoms with Gasteiger partial charge in [0.1, 0.15) is 5.60 Å². The molecule has 1 unspecified atom stereocenters. The van der Waals surface area contributed by atoms with E-state index < -0.39 is 5.60 Å². The van der Waals surface area contributed by atoms with E-state index in [0.29, 0.717) is 6.04 Å². The van der Waals surface area contributed by atoms with E-state index in [1.165, 1.54) is 32.1 Å². The van der Waals surface area contributed by atoms with Crippen LogP contribution in [0.15, 0.2) is 0 Å². The van der Waals surface area contributed by atoms with Crippen LogP contribution >= 0.6 is 0 Å². The van der Waals surface area contributed by atoms with Crippen molar-refractivity contribution in [3.63, 3.8) is 0 Å². The van der Waals surface area contributed by atoms with Crippen molar-refractivity contribution in [2.24, 2.45) is 0 Å². The van der Waals surface area contributed by atoms with Crippen molar-refractivity contribution in [2.75, 3.05) is 13.1 Å². The third-order valence-electron chi connectivity index (χ3n) is 4.73. The average Bonchev–Trinajstić information content (AvgIpc) is 2.84. The van der Waals surface area contributed by atoms with E-state index in [1.54, 1.807) is 0 Å². The first-order chi connectivity index (χ1) is 9.79. The van der Waals surface area contributed by atoms with Crippen LogP contribution in [0.5, 0.6) is 0 Å². The van der Waals surface area contributed by atoms with Crippen molar-refractivity contribution in [1.29, 1.82) is 0 Å². The molecule has 2 rings (SSSR count). The predicted octanol–water partition coefficient (Wildman–Crippen LogP) is 3.70. The minimum Gasteiger partial charge on any atom is -0.444 e. The Bertz CT molecular complexity index is 356. The number of carbonyl (C=O) groups is 1. The summed E-state index contributed by atoms with van der Waals surface area (Å²) in [5.74, 6) is 0. The van der Waals surface area contributed by atoms with Crippen LogP contribution in [0, 0.1) is 0 Å². The molecule has 1 amide bonds. The van der Waals surface area contributed by atoms with E-state index in [9.17, 15) is 4.79 Å². The maximum Gasteiger partial charge on any atom is 0.410 e. The lowest BCUT2D eigenvalue weighted by molar-refractivity contribution is 0.0219. The average molecular weight is 296 g/mol. The fourth-order valence-electron chi connectivity index (χ4n) is 3.48. The molecule has 0 radical (unpaired) electrons. The molecule has 1 aliphatic carbocycles. The van der Waals surface area contributed by atoms with Gasteiger partial charge in [0.25, 0.3) is 0 Å². The minimum absolute atomic E-state index is 0.152. The molecule has 1 N–H and O–H groups in total. The number of ether oxygens (including phenoxy) is 1. The van der Waals surface area contributed by atoms with Gasteiger partial charge in [-0.05, 0) is 53.4 Å². The summed E-state index contributed by atoms with van der Waals surface area (Å²) in [5, 5.41) is 3.74. The molecule has 2 aliphatic rings. The molecule has 21 heavy (non-hydrogen) atoms. The second kappa shape index (κ2) is 6.55. The zero-order valence-corrected chi connectivity index (χ0v) is 14.2. The molecule has 0 aromatic carbocycles. The van der Waals surface area contributed by atoms with E-state index in [0.717, 1.165) is 25.9 Å². The molecule has 2 fully saturated rings. The van der Waals surface area contributed by atoms with Gasteiger partial charge in [0.05, 0.1) is 0 Å². The Morgan fingerprint density at radius 2 is 1.90 bits per heavy atom. The largest absolute Gasteiger partial charge is 0.444 e. The second-order valence-electron chi connectivity index (χ2n) is 7.97. The van der Waals surface area contributed by atoms with E-state index in [2.05, 4.69) is 12.2 Å². The first-order valence-corrected chi connectivity index (χ1v) is 8.54. The highest BCUT2D eigenvalue weighted by Gasteiger charge is 2.34. The van der Waals surface area contributed by atoms with Gasteiger partial charge in [0.2, 0.25) is 0 Å². The van der Waals surface area contributed by atoms with Gasteiger partial charge in [-0.2, -0.15) is 0 Å². The fraction of sp³-hybridized carbons (Fsp3) is 0.941. The van der Waals surface area contributed by atoms with E-state index in [1.807, 2.05) is 25.7 Å². The summed E-state index contributed by atoms with van der Waals surface area (Å²) in [4.78, 5) is 14.2. The van der Waals surface area contributed by atoms with E-state index in [4.69, 9.17) is 4.74 Å². The Morgan fingerprint density at radius 1 is 1.24 bits per heavy atom. The third kappa shape index (κ3) is 4.87. The molecule has 1 heterocycles. The van der Waals surface area contributed by atoms with Crippen LogP contribution < -0.4 is 5.32 Å². The molecule has 4 nitrogen and oxygen atoms in total. The Hall–Kier alpha value is -0.770. The molecule has 0 aromatic heterocycles. The number of likely N-dealkylation sites (tertiary alicyclic amines) is 1. The number of amides is 1. The van der Waals surface area contributed by atoms with Gasteiger partial charge in [-0.25, -0.2) is 4.79 Å². The lowest BCUT2D eigenvalue weighted by atomic mass is 9.83. The van der Waals surface area contributed by atoms with Crippen LogP contribution in [-0.2, 0) is 4.74 Å². The fourth-order valence-corrected chi connectivity index (χ4v) is 3.48. The third-order valence-corrected chi connectivity index (χ3v) is 4.73. The van der Waals surface area contributed by atoms with Gasteiger partial charge in [-0.15, -0.1) is 0 Å². The van der Waals surface area contributed by atoms with Crippen LogP contribution in [0.2, 0.25) is 0 Å². The topological polar surface area (TPSA) is 41.6 Å². The van der Waals surface area contributed by atoms with Crippen LogP contribution in [0.25, 0.3) is 0 Å². The number of hydrogen-bond donors (Lipinski definition) is 1. The van der Waals surface area contributed by atoms with Gasteiger partial charge in [-0.1, -0.05) is 19.3 Å². The van der Waals surface area contributed by atoms with Crippen molar-refractivity contribution in [3.05, 3.63) is 0 Å². The SMILES string of the molecule is CC1(NCC2CCCN2C(=O)OC(C)(C)C)CCCCC1. The Morgan fingerprint density at radius 3 is 2.52 bits per heavy atom. The van der Waals surface area contributed by atoms with Gasteiger partial charge >= 0.3 is 6.09 Å². The van der Waals surface area contributed by atoms with E-state index >= 15 is 0 Å². The standard InChI is InChI=1S/C17H32N2O2/c1-16(2,3)21-15(20)19-12-8-9-14(19)13-18-17(4)10-6-5-7-11-17/h14,18H,5-13H2,1-4H3. The van der Waals surface area contributed by atoms with Crippen molar-refractivity contribution in [1.82, 2.24) is 10.2 Å². The number of carbonyl (C=O) groups excluding carboxylic acids is 1. The molecule has 122 valence electrons. The maximum absolute atomic E-state index is 12.3. The molecular weight excluding hydrogens is 264 g/mol. The maximum atomic E-state index is 12.3. The highest BCUT2D eigenvalue weighted by molar-refractivity contribution is 5.69. The number of nitrogens with one attached hydrogen (secondary N) is 1. The zero-order chi connectivity index (χ0) is 15.5. The molecule has 0 spiro atoms. The quantitative estimate of drug-likeness (QED) is 0.863. The van der Waals surface area contributed by atoms with Crippen LogP contribution in [0.4, 0.5) is 4.79 Å². The smallest absolute Gasteiger partial charge is 0.410 e. The van der Waals surface area contributed by atoms with Gasteiger partial charge in [0.15, 0.2) is 0 Å². The van der Waals surface area contributed by atoms with Gasteiger partial charge in [-0.3, -0.25) is 0 Å². The molecule has 1 aliphatic heterocycles. The molecule has 0 bridgehead atoms. The summed E-state index contributed by atoms with van der Waals surface area (Å²) in [5.41, 5.74) is -0.145. The Kier molecular flexibility index (Phi) is 5.18. The number of hydrogen-bond acceptors (Lipinski definition) is 3. The summed E-state index contributed by atoms with van der Waals surface area (Å²) >= 11 is 0. The molecule has 1 saturated carbocycles. The van der Waals surface area contributed by atoms with Gasteiger partial charge < -0.3 is 15.0 Å². The van der Waals surface area contributed by atoms with Crippen molar-refractivity contribution in [3.8, 4) is 0 Å². The summed E-state index contributed by atoms with van der Waals surface area (Å²) in [6.45, 7) is 9.85. The normalized spacial score (nSPS) is 25.9.